The number of halogens is 1. The number of hydrogen-bond acceptors (Lipinski definition) is 7. The molecule has 2 unspecified atom stereocenters. The van der Waals surface area contributed by atoms with E-state index in [0.29, 0.717) is 24.5 Å². The predicted octanol–water partition coefficient (Wildman–Crippen LogP) is 4.56. The second-order valence-corrected chi connectivity index (χ2v) is 11.8. The minimum absolute atomic E-state index is 0.0645. The number of fused-ring (bicyclic) bond motifs is 1. The van der Waals surface area contributed by atoms with Gasteiger partial charge in [-0.3, -0.25) is 9.59 Å². The number of nitrogens with one attached hydrogen (secondary N) is 3. The first-order valence-electron chi connectivity index (χ1n) is 14.2. The Kier molecular flexibility index (Phi) is 9.19. The van der Waals surface area contributed by atoms with E-state index in [4.69, 9.17) is 4.84 Å². The fourth-order valence-electron chi connectivity index (χ4n) is 5.50. The van der Waals surface area contributed by atoms with Gasteiger partial charge >= 0.3 is 0 Å². The molecule has 9 nitrogen and oxygen atoms in total. The van der Waals surface area contributed by atoms with Gasteiger partial charge in [-0.05, 0) is 72.9 Å². The summed E-state index contributed by atoms with van der Waals surface area (Å²) in [5, 5.41) is 13.7. The summed E-state index contributed by atoms with van der Waals surface area (Å²) in [4.78, 5) is 38.0. The van der Waals surface area contributed by atoms with E-state index in [-0.39, 0.29) is 17.9 Å². The van der Waals surface area contributed by atoms with Gasteiger partial charge < -0.3 is 25.7 Å². The Morgan fingerprint density at radius 3 is 2.76 bits per heavy atom. The molecule has 2 amide bonds. The lowest BCUT2D eigenvalue weighted by molar-refractivity contribution is -0.118. The van der Waals surface area contributed by atoms with Crippen LogP contribution < -0.4 is 16.0 Å². The molecule has 2 aromatic rings. The van der Waals surface area contributed by atoms with Gasteiger partial charge in [0.15, 0.2) is 0 Å². The van der Waals surface area contributed by atoms with Crippen LogP contribution in [0.5, 0.6) is 0 Å². The lowest BCUT2D eigenvalue weighted by Crippen LogP contribution is -2.37. The number of carbonyl (C=O) groups excluding carboxylic acids is 2. The molecule has 3 N–H and O–H groups in total. The summed E-state index contributed by atoms with van der Waals surface area (Å²) in [7, 11) is 0. The zero-order valence-electron chi connectivity index (χ0n) is 23.8. The number of oxime groups is 1. The Hall–Kier alpha value is -3.50. The van der Waals surface area contributed by atoms with E-state index in [1.165, 1.54) is 5.56 Å². The highest BCUT2D eigenvalue weighted by atomic mass is 79.9. The number of nitrogens with zero attached hydrogens (tertiary/aromatic N) is 3. The van der Waals surface area contributed by atoms with Crippen molar-refractivity contribution in [1.82, 2.24) is 20.5 Å². The second kappa shape index (κ2) is 13.0. The number of carbonyl (C=O) groups is 2. The Bertz CT molecular complexity index is 1390. The van der Waals surface area contributed by atoms with Gasteiger partial charge in [0.25, 0.3) is 0 Å². The zero-order chi connectivity index (χ0) is 28.9. The molecule has 1 saturated heterocycles. The largest absolute Gasteiger partial charge is 0.391 e. The maximum absolute atomic E-state index is 13.1. The van der Waals surface area contributed by atoms with Gasteiger partial charge in [0, 0.05) is 60.0 Å². The molecule has 10 heteroatoms. The van der Waals surface area contributed by atoms with Crippen LogP contribution in [0.4, 0.5) is 5.82 Å². The van der Waals surface area contributed by atoms with E-state index >= 15 is 0 Å². The molecule has 3 aliphatic rings. The number of benzene rings is 1. The van der Waals surface area contributed by atoms with Crippen molar-refractivity contribution >= 4 is 39.3 Å². The number of pyridine rings is 1. The third-order valence-electron chi connectivity index (χ3n) is 7.85. The zero-order valence-corrected chi connectivity index (χ0v) is 25.4. The van der Waals surface area contributed by atoms with Crippen molar-refractivity contribution in [2.24, 2.45) is 5.16 Å². The molecule has 216 valence electrons. The monoisotopic (exact) mass is 620 g/mol. The molecule has 0 spiro atoms. The molecule has 0 bridgehead atoms. The van der Waals surface area contributed by atoms with Crippen molar-refractivity contribution < 1.29 is 14.4 Å². The molecule has 1 aromatic carbocycles. The lowest BCUT2D eigenvalue weighted by Gasteiger charge is -2.27. The predicted molar refractivity (Wildman–Crippen MR) is 163 cm³/mol. The van der Waals surface area contributed by atoms with E-state index in [9.17, 15) is 9.59 Å². The minimum Gasteiger partial charge on any atom is -0.391 e. The molecule has 0 saturated carbocycles. The first-order valence-corrected chi connectivity index (χ1v) is 15.0. The molecular formula is C31H37BrN6O3. The first-order chi connectivity index (χ1) is 19.8. The van der Waals surface area contributed by atoms with Gasteiger partial charge in [0.05, 0.1) is 17.7 Å². The molecule has 0 radical (unpaired) electrons. The van der Waals surface area contributed by atoms with Crippen LogP contribution in [-0.2, 0) is 21.0 Å². The number of aromatic nitrogens is 1. The smallest absolute Gasteiger partial charge is 0.249 e. The highest BCUT2D eigenvalue weighted by Crippen LogP contribution is 2.36. The number of aryl methyl sites for hydroxylation is 1. The summed E-state index contributed by atoms with van der Waals surface area (Å²) in [6, 6.07) is 10.1. The van der Waals surface area contributed by atoms with E-state index in [2.05, 4.69) is 78.1 Å². The summed E-state index contributed by atoms with van der Waals surface area (Å²) in [5.41, 5.74) is 6.68. The number of anilines is 1. The third-order valence-corrected chi connectivity index (χ3v) is 8.28. The number of rotatable bonds is 9. The van der Waals surface area contributed by atoms with Crippen molar-refractivity contribution in [3.63, 3.8) is 0 Å². The maximum Gasteiger partial charge on any atom is 0.249 e. The summed E-state index contributed by atoms with van der Waals surface area (Å²) in [6.45, 7) is 9.90. The summed E-state index contributed by atoms with van der Waals surface area (Å²) < 4.78 is 0.817. The average molecular weight is 622 g/mol. The van der Waals surface area contributed by atoms with Crippen molar-refractivity contribution in [2.75, 3.05) is 31.5 Å². The Balaban J connectivity index is 1.06. The third kappa shape index (κ3) is 7.05. The van der Waals surface area contributed by atoms with Crippen LogP contribution in [0.15, 0.2) is 69.1 Å². The summed E-state index contributed by atoms with van der Waals surface area (Å²) >= 11 is 3.44. The van der Waals surface area contributed by atoms with E-state index < -0.39 is 5.92 Å². The highest BCUT2D eigenvalue weighted by molar-refractivity contribution is 9.10. The molecule has 3 aliphatic heterocycles. The van der Waals surface area contributed by atoms with Gasteiger partial charge in [-0.15, -0.1) is 0 Å². The van der Waals surface area contributed by atoms with Crippen molar-refractivity contribution in [2.45, 2.75) is 58.6 Å². The average Bonchev–Trinajstić information content (AvgIpc) is 3.42. The van der Waals surface area contributed by atoms with Crippen LogP contribution in [-0.4, -0.2) is 59.6 Å². The van der Waals surface area contributed by atoms with Crippen LogP contribution in [0.1, 0.15) is 55.7 Å². The number of likely N-dealkylation sites (tertiary alicyclic amines) is 1. The van der Waals surface area contributed by atoms with Gasteiger partial charge in [-0.25, -0.2) is 4.98 Å². The molecule has 1 fully saturated rings. The van der Waals surface area contributed by atoms with Crippen molar-refractivity contribution in [3.8, 4) is 0 Å². The Morgan fingerprint density at radius 1 is 1.24 bits per heavy atom. The van der Waals surface area contributed by atoms with Crippen LogP contribution >= 0.6 is 15.9 Å². The number of hydrogen-bond donors (Lipinski definition) is 3. The molecule has 4 heterocycles. The van der Waals surface area contributed by atoms with Crippen LogP contribution in [0.3, 0.4) is 0 Å². The SMILES string of the molecule is CC1=C(C(=O)NCCCN2CCC(=NOCc3ccc(C)cc3)CC2)C(C)N/C1=C\C1C(=O)Nc2ncc(Br)cc21. The van der Waals surface area contributed by atoms with Crippen LogP contribution in [0, 0.1) is 6.92 Å². The number of piperidine rings is 1. The van der Waals surface area contributed by atoms with Gasteiger partial charge in [0.2, 0.25) is 11.8 Å². The van der Waals surface area contributed by atoms with E-state index in [0.717, 1.165) is 71.5 Å². The topological polar surface area (TPSA) is 108 Å². The summed E-state index contributed by atoms with van der Waals surface area (Å²) in [6.07, 6.45) is 6.24. The molecule has 5 rings (SSSR count). The van der Waals surface area contributed by atoms with Crippen LogP contribution in [0.25, 0.3) is 0 Å². The number of amides is 2. The molecule has 2 atom stereocenters. The first kappa shape index (κ1) is 29.0. The Labute approximate surface area is 249 Å². The normalized spacial score (nSPS) is 21.5. The van der Waals surface area contributed by atoms with Gasteiger partial charge in [0.1, 0.15) is 12.4 Å². The second-order valence-electron chi connectivity index (χ2n) is 10.9. The van der Waals surface area contributed by atoms with Gasteiger partial charge in [-0.2, -0.15) is 0 Å². The minimum atomic E-state index is -0.461. The fraction of sp³-hybridized carbons (Fsp3) is 0.419. The molecule has 0 aliphatic carbocycles. The molecular weight excluding hydrogens is 584 g/mol. The highest BCUT2D eigenvalue weighted by Gasteiger charge is 2.34. The molecule has 41 heavy (non-hydrogen) atoms. The van der Waals surface area contributed by atoms with Crippen molar-refractivity contribution in [3.05, 3.63) is 80.6 Å². The van der Waals surface area contributed by atoms with Gasteiger partial charge in [-0.1, -0.05) is 35.0 Å². The quantitative estimate of drug-likeness (QED) is 0.280. The van der Waals surface area contributed by atoms with Crippen LogP contribution in [0.2, 0.25) is 0 Å². The lowest BCUT2D eigenvalue weighted by atomic mass is 9.99. The summed E-state index contributed by atoms with van der Waals surface area (Å²) in [5.74, 6) is -0.0687. The maximum atomic E-state index is 13.1. The number of allylic oxidation sites excluding steroid dienone is 1. The fourth-order valence-corrected chi connectivity index (χ4v) is 5.85. The van der Waals surface area contributed by atoms with E-state index in [1.54, 1.807) is 6.20 Å². The van der Waals surface area contributed by atoms with E-state index in [1.807, 2.05) is 26.0 Å². The standard InChI is InChI=1S/C31H37BrN6O3/c1-19-5-7-22(8-6-19)18-41-37-24-9-13-38(14-10-24)12-4-11-33-31(40)28-20(2)27(35-21(28)3)16-26-25-15-23(32)17-34-29(25)36-30(26)39/h5-8,15-17,21,26,35H,4,9-14,18H2,1-3H3,(H,33,40)(H,34,36,39)/b27-16-. The Morgan fingerprint density at radius 2 is 2.00 bits per heavy atom. The van der Waals surface area contributed by atoms with Crippen molar-refractivity contribution in [1.29, 1.82) is 0 Å². The molecule has 1 aromatic heterocycles.